The van der Waals surface area contributed by atoms with Gasteiger partial charge in [0.1, 0.15) is 12.1 Å². The highest BCUT2D eigenvalue weighted by Crippen LogP contribution is 2.30. The van der Waals surface area contributed by atoms with E-state index in [9.17, 15) is 9.59 Å². The first kappa shape index (κ1) is 21.1. The number of nitrogens with zero attached hydrogens (tertiary/aromatic N) is 5. The van der Waals surface area contributed by atoms with E-state index in [0.717, 1.165) is 35.8 Å². The molecule has 3 heterocycles. The van der Waals surface area contributed by atoms with Crippen LogP contribution in [0.5, 0.6) is 0 Å². The molecule has 10 nitrogen and oxygen atoms in total. The lowest BCUT2D eigenvalue weighted by molar-refractivity contribution is -0.116. The molecule has 0 aliphatic carbocycles. The van der Waals surface area contributed by atoms with Crippen LogP contribution in [-0.2, 0) is 20.8 Å². The molecule has 1 unspecified atom stereocenters. The van der Waals surface area contributed by atoms with Crippen LogP contribution in [-0.4, -0.2) is 49.9 Å². The lowest BCUT2D eigenvalue weighted by Crippen LogP contribution is -2.20. The maximum absolute atomic E-state index is 12.7. The van der Waals surface area contributed by atoms with Gasteiger partial charge in [0.05, 0.1) is 17.6 Å². The number of fused-ring (bicyclic) bond motifs is 2. The van der Waals surface area contributed by atoms with E-state index in [2.05, 4.69) is 20.7 Å². The van der Waals surface area contributed by atoms with Crippen molar-refractivity contribution in [2.45, 2.75) is 39.0 Å². The Balaban J connectivity index is 1.43. The summed E-state index contributed by atoms with van der Waals surface area (Å²) >= 11 is 0. The first-order valence-electron chi connectivity index (χ1n) is 11.0. The molecule has 170 valence electrons. The molecule has 0 radical (unpaired) electrons. The molecular weight excluding hydrogens is 424 g/mol. The predicted molar refractivity (Wildman–Crippen MR) is 121 cm³/mol. The molecule has 1 fully saturated rings. The normalized spacial score (nSPS) is 16.2. The third-order valence-corrected chi connectivity index (χ3v) is 5.60. The number of hydrogen-bond acceptors (Lipinski definition) is 7. The second-order valence-electron chi connectivity index (χ2n) is 7.85. The molecule has 1 atom stereocenters. The number of rotatable bonds is 6. The van der Waals surface area contributed by atoms with E-state index in [-0.39, 0.29) is 31.0 Å². The quantitative estimate of drug-likeness (QED) is 0.450. The summed E-state index contributed by atoms with van der Waals surface area (Å²) in [5, 5.41) is 16.1. The third kappa shape index (κ3) is 4.17. The van der Waals surface area contributed by atoms with Crippen molar-refractivity contribution in [2.75, 3.05) is 18.5 Å². The molecule has 5 rings (SSSR count). The van der Waals surface area contributed by atoms with Crippen molar-refractivity contribution in [3.8, 4) is 0 Å². The highest BCUT2D eigenvalue weighted by Gasteiger charge is 2.25. The summed E-state index contributed by atoms with van der Waals surface area (Å²) in [6.07, 6.45) is 2.64. The van der Waals surface area contributed by atoms with Gasteiger partial charge in [-0.3, -0.25) is 4.79 Å². The van der Waals surface area contributed by atoms with Crippen LogP contribution in [0.3, 0.4) is 0 Å². The average Bonchev–Trinajstić information content (AvgIpc) is 3.41. The highest BCUT2D eigenvalue weighted by atomic mass is 16.5. The van der Waals surface area contributed by atoms with Gasteiger partial charge in [-0.2, -0.15) is 5.10 Å². The average molecular weight is 448 g/mol. The number of ether oxygens (including phenoxy) is 2. The van der Waals surface area contributed by atoms with Gasteiger partial charge in [0, 0.05) is 17.7 Å². The van der Waals surface area contributed by atoms with Gasteiger partial charge in [0.2, 0.25) is 5.91 Å². The summed E-state index contributed by atoms with van der Waals surface area (Å²) in [4.78, 5) is 25.3. The molecule has 0 spiro atoms. The summed E-state index contributed by atoms with van der Waals surface area (Å²) in [6, 6.07) is 12.8. The van der Waals surface area contributed by atoms with Gasteiger partial charge in [-0.25, -0.2) is 14.2 Å². The van der Waals surface area contributed by atoms with Gasteiger partial charge in [-0.15, -0.1) is 5.10 Å². The van der Waals surface area contributed by atoms with Crippen molar-refractivity contribution in [2.24, 2.45) is 0 Å². The van der Waals surface area contributed by atoms with Crippen LogP contribution in [0.2, 0.25) is 0 Å². The topological polar surface area (TPSA) is 113 Å². The van der Waals surface area contributed by atoms with Gasteiger partial charge in [-0.1, -0.05) is 17.3 Å². The van der Waals surface area contributed by atoms with E-state index in [1.807, 2.05) is 30.3 Å². The Morgan fingerprint density at radius 3 is 2.88 bits per heavy atom. The van der Waals surface area contributed by atoms with Gasteiger partial charge in [0.15, 0.2) is 11.9 Å². The highest BCUT2D eigenvalue weighted by molar-refractivity contribution is 6.04. The largest absolute Gasteiger partial charge is 0.461 e. The Morgan fingerprint density at radius 1 is 1.18 bits per heavy atom. The number of hydrogen-bond donors (Lipinski definition) is 1. The number of carbonyl (C=O) groups excluding carboxylic acids is 2. The number of esters is 1. The molecule has 2 aromatic heterocycles. The number of carbonyl (C=O) groups is 2. The minimum Gasteiger partial charge on any atom is -0.461 e. The molecule has 1 N–H and O–H groups in total. The van der Waals surface area contributed by atoms with Crippen LogP contribution in [0.4, 0.5) is 5.69 Å². The monoisotopic (exact) mass is 448 g/mol. The summed E-state index contributed by atoms with van der Waals surface area (Å²) in [5.74, 6) is -0.764. The minimum atomic E-state index is -0.505. The van der Waals surface area contributed by atoms with E-state index >= 15 is 0 Å². The van der Waals surface area contributed by atoms with Crippen LogP contribution in [0.1, 0.15) is 42.9 Å². The van der Waals surface area contributed by atoms with Crippen LogP contribution >= 0.6 is 0 Å². The molecular formula is C23H24N6O4. The molecule has 1 saturated heterocycles. The van der Waals surface area contributed by atoms with E-state index < -0.39 is 5.97 Å². The van der Waals surface area contributed by atoms with Crippen LogP contribution in [0.25, 0.3) is 21.9 Å². The summed E-state index contributed by atoms with van der Waals surface area (Å²) in [7, 11) is 0. The van der Waals surface area contributed by atoms with Gasteiger partial charge < -0.3 is 14.8 Å². The van der Waals surface area contributed by atoms with Crippen molar-refractivity contribution in [1.82, 2.24) is 24.8 Å². The molecule has 1 amide bonds. The number of nitrogens with one attached hydrogen (secondary N) is 1. The van der Waals surface area contributed by atoms with Gasteiger partial charge in [-0.05, 0) is 56.5 Å². The summed E-state index contributed by atoms with van der Waals surface area (Å²) in [6.45, 7) is 2.67. The van der Waals surface area contributed by atoms with E-state index in [0.29, 0.717) is 17.7 Å². The van der Waals surface area contributed by atoms with Crippen LogP contribution in [0.15, 0.2) is 42.5 Å². The zero-order valence-electron chi connectivity index (χ0n) is 18.2. The number of aromatic nitrogens is 5. The van der Waals surface area contributed by atoms with Crippen molar-refractivity contribution in [1.29, 1.82) is 0 Å². The SMILES string of the molecule is CCOC(=O)c1nn(C2CCCCO2)c2ccc(NC(=O)Cn3nnc4ccccc43)cc12. The first-order valence-corrected chi connectivity index (χ1v) is 11.0. The summed E-state index contributed by atoms with van der Waals surface area (Å²) in [5.41, 5.74) is 3.01. The summed E-state index contributed by atoms with van der Waals surface area (Å²) < 4.78 is 14.4. The number of amides is 1. The number of para-hydroxylation sites is 1. The fourth-order valence-corrected chi connectivity index (χ4v) is 4.08. The van der Waals surface area contributed by atoms with Crippen molar-refractivity contribution in [3.05, 3.63) is 48.2 Å². The zero-order chi connectivity index (χ0) is 22.8. The fraction of sp³-hybridized carbons (Fsp3) is 0.348. The smallest absolute Gasteiger partial charge is 0.359 e. The predicted octanol–water partition coefficient (Wildman–Crippen LogP) is 3.30. The van der Waals surface area contributed by atoms with E-state index in [1.165, 1.54) is 0 Å². The lowest BCUT2D eigenvalue weighted by atomic mass is 10.1. The molecule has 1 aliphatic heterocycles. The van der Waals surface area contributed by atoms with Crippen LogP contribution < -0.4 is 5.32 Å². The Labute approximate surface area is 189 Å². The Morgan fingerprint density at radius 2 is 2.06 bits per heavy atom. The molecule has 33 heavy (non-hydrogen) atoms. The van der Waals surface area contributed by atoms with Crippen molar-refractivity contribution in [3.63, 3.8) is 0 Å². The minimum absolute atomic E-state index is 0.0124. The Bertz CT molecular complexity index is 1320. The van der Waals surface area contributed by atoms with E-state index in [1.54, 1.807) is 28.4 Å². The molecule has 0 saturated carbocycles. The van der Waals surface area contributed by atoms with Gasteiger partial charge >= 0.3 is 5.97 Å². The lowest BCUT2D eigenvalue weighted by Gasteiger charge is -2.23. The second-order valence-corrected chi connectivity index (χ2v) is 7.85. The van der Waals surface area contributed by atoms with Crippen molar-refractivity contribution < 1.29 is 19.1 Å². The molecule has 10 heteroatoms. The standard InChI is InChI=1S/C23H24N6O4/c1-2-32-23(31)22-16-13-15(10-11-18(16)29(26-22)21-9-5-6-12-33-21)24-20(30)14-28-19-8-4-3-7-17(19)25-27-28/h3-4,7-8,10-11,13,21H,2,5-6,9,12,14H2,1H3,(H,24,30). The van der Waals surface area contributed by atoms with Crippen molar-refractivity contribution >= 4 is 39.5 Å². The molecule has 1 aliphatic rings. The molecule has 2 aromatic carbocycles. The first-order chi connectivity index (χ1) is 16.1. The molecule has 4 aromatic rings. The number of anilines is 1. The fourth-order valence-electron chi connectivity index (χ4n) is 4.08. The zero-order valence-corrected chi connectivity index (χ0v) is 18.2. The van der Waals surface area contributed by atoms with Crippen LogP contribution in [0, 0.1) is 0 Å². The number of benzene rings is 2. The second kappa shape index (κ2) is 8.99. The Hall–Kier alpha value is -3.79. The Kier molecular flexibility index (Phi) is 5.74. The molecule has 0 bridgehead atoms. The van der Waals surface area contributed by atoms with E-state index in [4.69, 9.17) is 9.47 Å². The maximum atomic E-state index is 12.7. The maximum Gasteiger partial charge on any atom is 0.359 e. The third-order valence-electron chi connectivity index (χ3n) is 5.60. The van der Waals surface area contributed by atoms with Gasteiger partial charge in [0.25, 0.3) is 0 Å².